The number of non-ortho nitro benzene ring substituents is 1. The molecule has 1 atom stereocenters. The van der Waals surface area contributed by atoms with E-state index in [2.05, 4.69) is 39.0 Å². The van der Waals surface area contributed by atoms with Crippen LogP contribution in [0.25, 0.3) is 5.69 Å². The Morgan fingerprint density at radius 3 is 2.55 bits per heavy atom. The van der Waals surface area contributed by atoms with Gasteiger partial charge in [-0.05, 0) is 30.6 Å². The summed E-state index contributed by atoms with van der Waals surface area (Å²) in [4.78, 5) is 23.6. The molecular weight excluding hydrogens is 392 g/mol. The Bertz CT molecular complexity index is 1020. The SMILES string of the molecule is CCC1(CO[Si](C)(C)C(C)(C)C)Oc2ccc([N+](=O)[O-])cc2-n2c1nn(C)c2=O. The second kappa shape index (κ2) is 6.80. The molecule has 0 fully saturated rings. The van der Waals surface area contributed by atoms with E-state index in [1.54, 1.807) is 7.05 Å². The molecule has 0 amide bonds. The third-order valence-electron chi connectivity index (χ3n) is 6.08. The van der Waals surface area contributed by atoms with Crippen molar-refractivity contribution in [3.8, 4) is 11.4 Å². The van der Waals surface area contributed by atoms with Crippen molar-refractivity contribution in [2.75, 3.05) is 6.61 Å². The van der Waals surface area contributed by atoms with Crippen LogP contribution in [-0.2, 0) is 17.1 Å². The van der Waals surface area contributed by atoms with Gasteiger partial charge in [0.05, 0.1) is 11.5 Å². The summed E-state index contributed by atoms with van der Waals surface area (Å²) in [6.07, 6.45) is 0.522. The van der Waals surface area contributed by atoms with E-state index in [0.29, 0.717) is 23.7 Å². The van der Waals surface area contributed by atoms with Crippen LogP contribution in [-0.4, -0.2) is 34.2 Å². The van der Waals surface area contributed by atoms with Crippen LogP contribution in [0.1, 0.15) is 39.9 Å². The third kappa shape index (κ3) is 3.40. The minimum atomic E-state index is -2.09. The van der Waals surface area contributed by atoms with Crippen LogP contribution in [0.3, 0.4) is 0 Å². The van der Waals surface area contributed by atoms with E-state index >= 15 is 0 Å². The first-order chi connectivity index (χ1) is 13.3. The first-order valence-corrected chi connectivity index (χ1v) is 12.5. The van der Waals surface area contributed by atoms with Crippen LogP contribution in [0.2, 0.25) is 18.1 Å². The van der Waals surface area contributed by atoms with Gasteiger partial charge in [-0.25, -0.2) is 14.0 Å². The average molecular weight is 421 g/mol. The quantitative estimate of drug-likeness (QED) is 0.417. The first-order valence-electron chi connectivity index (χ1n) is 9.61. The molecule has 0 N–H and O–H groups in total. The zero-order chi connectivity index (χ0) is 21.8. The van der Waals surface area contributed by atoms with Crippen molar-refractivity contribution in [3.05, 3.63) is 44.6 Å². The molecule has 1 aromatic heterocycles. The standard InChI is InChI=1S/C19H28N4O5Si/c1-8-19(12-27-29(6,7)18(2,3)4)16-20-21(5)17(24)22(16)14-11-13(23(25)26)9-10-15(14)28-19/h9-11H,8,12H2,1-7H3. The normalized spacial score (nSPS) is 18.7. The topological polar surface area (TPSA) is 101 Å². The number of rotatable bonds is 5. The number of hydrogen-bond donors (Lipinski definition) is 0. The van der Waals surface area contributed by atoms with Gasteiger partial charge in [0.15, 0.2) is 19.7 Å². The molecule has 1 aromatic carbocycles. The van der Waals surface area contributed by atoms with Crippen molar-refractivity contribution in [1.29, 1.82) is 0 Å². The molecule has 9 nitrogen and oxygen atoms in total. The van der Waals surface area contributed by atoms with Gasteiger partial charge in [0.25, 0.3) is 5.69 Å². The van der Waals surface area contributed by atoms with Crippen LogP contribution < -0.4 is 10.4 Å². The maximum atomic E-state index is 12.8. The lowest BCUT2D eigenvalue weighted by molar-refractivity contribution is -0.384. The maximum Gasteiger partial charge on any atom is 0.350 e. The van der Waals surface area contributed by atoms with E-state index in [1.807, 2.05) is 6.92 Å². The highest BCUT2D eigenvalue weighted by Gasteiger charge is 2.47. The number of nitro groups is 1. The summed E-state index contributed by atoms with van der Waals surface area (Å²) in [7, 11) is -0.532. The number of nitrogens with zero attached hydrogens (tertiary/aromatic N) is 4. The molecule has 0 saturated heterocycles. The van der Waals surface area contributed by atoms with Crippen LogP contribution in [0.15, 0.2) is 23.0 Å². The number of nitro benzene ring substituents is 1. The Labute approximate surface area is 170 Å². The molecule has 1 aliphatic rings. The fraction of sp³-hybridized carbons (Fsp3) is 0.579. The van der Waals surface area contributed by atoms with Crippen molar-refractivity contribution < 1.29 is 14.1 Å². The van der Waals surface area contributed by atoms with Crippen LogP contribution in [0.5, 0.6) is 5.75 Å². The molecule has 3 rings (SSSR count). The smallest absolute Gasteiger partial charge is 0.350 e. The largest absolute Gasteiger partial charge is 0.475 e. The predicted octanol–water partition coefficient (Wildman–Crippen LogP) is 3.50. The molecule has 158 valence electrons. The van der Waals surface area contributed by atoms with Gasteiger partial charge in [-0.1, -0.05) is 27.7 Å². The summed E-state index contributed by atoms with van der Waals surface area (Å²) in [5.41, 5.74) is -1.13. The highest BCUT2D eigenvalue weighted by molar-refractivity contribution is 6.74. The lowest BCUT2D eigenvalue weighted by atomic mass is 9.98. The van der Waals surface area contributed by atoms with Gasteiger partial charge < -0.3 is 9.16 Å². The third-order valence-corrected chi connectivity index (χ3v) is 10.6. The highest BCUT2D eigenvalue weighted by atomic mass is 28.4. The van der Waals surface area contributed by atoms with Crippen molar-refractivity contribution in [3.63, 3.8) is 0 Å². The number of ether oxygens (including phenoxy) is 1. The molecule has 0 saturated carbocycles. The number of aryl methyl sites for hydroxylation is 1. The van der Waals surface area contributed by atoms with Crippen molar-refractivity contribution >= 4 is 14.0 Å². The van der Waals surface area contributed by atoms with Gasteiger partial charge in [0.2, 0.25) is 0 Å². The molecule has 2 heterocycles. The summed E-state index contributed by atoms with van der Waals surface area (Å²) in [6.45, 7) is 13.0. The van der Waals surface area contributed by atoms with Gasteiger partial charge in [0.1, 0.15) is 11.4 Å². The fourth-order valence-electron chi connectivity index (χ4n) is 3.05. The van der Waals surface area contributed by atoms with Crippen LogP contribution in [0, 0.1) is 10.1 Å². The number of aromatic nitrogens is 3. The zero-order valence-corrected chi connectivity index (χ0v) is 19.0. The lowest BCUT2D eigenvalue weighted by Crippen LogP contribution is -2.49. The van der Waals surface area contributed by atoms with Crippen LogP contribution in [0.4, 0.5) is 5.69 Å². The van der Waals surface area contributed by atoms with E-state index in [1.165, 1.54) is 27.4 Å². The van der Waals surface area contributed by atoms with Gasteiger partial charge in [-0.2, -0.15) is 5.10 Å². The second-order valence-electron chi connectivity index (χ2n) is 8.97. The van der Waals surface area contributed by atoms with Crippen molar-refractivity contribution in [1.82, 2.24) is 14.3 Å². The Kier molecular flexibility index (Phi) is 4.99. The molecule has 1 unspecified atom stereocenters. The average Bonchev–Trinajstić information content (AvgIpc) is 2.94. The Hall–Kier alpha value is -2.46. The fourth-order valence-corrected chi connectivity index (χ4v) is 4.08. The molecular formula is C19H28N4O5Si. The van der Waals surface area contributed by atoms with E-state index in [9.17, 15) is 14.9 Å². The molecule has 0 radical (unpaired) electrons. The number of benzene rings is 1. The number of hydrogen-bond acceptors (Lipinski definition) is 6. The Balaban J connectivity index is 2.14. The molecule has 10 heteroatoms. The van der Waals surface area contributed by atoms with Gasteiger partial charge >= 0.3 is 5.69 Å². The van der Waals surface area contributed by atoms with E-state index in [-0.39, 0.29) is 23.0 Å². The zero-order valence-electron chi connectivity index (χ0n) is 18.0. The molecule has 29 heavy (non-hydrogen) atoms. The maximum absolute atomic E-state index is 12.8. The van der Waals surface area contributed by atoms with E-state index < -0.39 is 18.8 Å². The van der Waals surface area contributed by atoms with Gasteiger partial charge in [-0.15, -0.1) is 0 Å². The Morgan fingerprint density at radius 2 is 2.00 bits per heavy atom. The Morgan fingerprint density at radius 1 is 1.34 bits per heavy atom. The molecule has 1 aliphatic heterocycles. The van der Waals surface area contributed by atoms with Crippen molar-refractivity contribution in [2.24, 2.45) is 7.05 Å². The van der Waals surface area contributed by atoms with E-state index in [4.69, 9.17) is 9.16 Å². The van der Waals surface area contributed by atoms with Gasteiger partial charge in [0, 0.05) is 19.2 Å². The van der Waals surface area contributed by atoms with Crippen LogP contribution >= 0.6 is 0 Å². The summed E-state index contributed by atoms with van der Waals surface area (Å²) in [5, 5.41) is 15.7. The minimum absolute atomic E-state index is 0.0128. The van der Waals surface area contributed by atoms with Gasteiger partial charge in [-0.3, -0.25) is 10.1 Å². The van der Waals surface area contributed by atoms with E-state index in [0.717, 1.165) is 0 Å². The minimum Gasteiger partial charge on any atom is -0.475 e. The molecule has 0 spiro atoms. The second-order valence-corrected chi connectivity index (χ2v) is 13.8. The summed E-state index contributed by atoms with van der Waals surface area (Å²) in [5.74, 6) is 0.804. The summed E-state index contributed by atoms with van der Waals surface area (Å²) in [6, 6.07) is 4.25. The molecule has 2 aromatic rings. The number of fused-ring (bicyclic) bond motifs is 3. The monoisotopic (exact) mass is 420 g/mol. The first kappa shape index (κ1) is 21.3. The summed E-state index contributed by atoms with van der Waals surface area (Å²) < 4.78 is 15.4. The lowest BCUT2D eigenvalue weighted by Gasteiger charge is -2.42. The highest BCUT2D eigenvalue weighted by Crippen LogP contribution is 2.43. The predicted molar refractivity (Wildman–Crippen MR) is 111 cm³/mol. The summed E-state index contributed by atoms with van der Waals surface area (Å²) >= 11 is 0. The molecule has 0 aliphatic carbocycles. The van der Waals surface area contributed by atoms with Crippen molar-refractivity contribution in [2.45, 2.75) is 57.8 Å². The molecule has 0 bridgehead atoms.